The maximum Gasteiger partial charge on any atom is 0.222 e. The van der Waals surface area contributed by atoms with E-state index in [-0.39, 0.29) is 5.41 Å². The first-order valence-corrected chi connectivity index (χ1v) is 7.92. The fourth-order valence-electron chi connectivity index (χ4n) is 3.71. The molecular weight excluding hydrogens is 264 g/mol. The van der Waals surface area contributed by atoms with Gasteiger partial charge in [0, 0.05) is 43.7 Å². The van der Waals surface area contributed by atoms with Gasteiger partial charge in [0.2, 0.25) is 5.91 Å². The molecule has 114 valence electrons. The van der Waals surface area contributed by atoms with Gasteiger partial charge in [0.05, 0.1) is 0 Å². The quantitative estimate of drug-likeness (QED) is 0.836. The van der Waals surface area contributed by atoms with E-state index in [2.05, 4.69) is 33.8 Å². The lowest BCUT2D eigenvalue weighted by molar-refractivity contribution is -0.140. The number of hydrogen-bond acceptors (Lipinski definition) is 4. The van der Waals surface area contributed by atoms with Crippen LogP contribution < -0.4 is 4.90 Å². The van der Waals surface area contributed by atoms with E-state index in [1.165, 1.54) is 6.42 Å². The van der Waals surface area contributed by atoms with Crippen LogP contribution >= 0.6 is 0 Å². The van der Waals surface area contributed by atoms with Crippen molar-refractivity contribution < 1.29 is 4.79 Å². The number of amides is 1. The van der Waals surface area contributed by atoms with Gasteiger partial charge in [-0.15, -0.1) is 5.10 Å². The van der Waals surface area contributed by atoms with Gasteiger partial charge in [0.15, 0.2) is 5.82 Å². The van der Waals surface area contributed by atoms with Crippen LogP contribution in [0.5, 0.6) is 0 Å². The number of aromatic nitrogens is 2. The van der Waals surface area contributed by atoms with Crippen LogP contribution in [0.15, 0.2) is 18.3 Å². The molecule has 2 saturated heterocycles. The first kappa shape index (κ1) is 14.3. The lowest BCUT2D eigenvalue weighted by Crippen LogP contribution is -2.55. The zero-order valence-corrected chi connectivity index (χ0v) is 13.0. The molecule has 2 fully saturated rings. The monoisotopic (exact) mass is 288 g/mol. The number of piperidine rings is 2. The molecule has 1 aromatic rings. The average molecular weight is 288 g/mol. The van der Waals surface area contributed by atoms with Gasteiger partial charge in [-0.1, -0.05) is 0 Å². The SMILES string of the molecule is CC(C)N1CC2(CCCN(c3cccnn3)C2)CCC1=O. The van der Waals surface area contributed by atoms with Gasteiger partial charge in [-0.05, 0) is 45.2 Å². The van der Waals surface area contributed by atoms with E-state index in [4.69, 9.17) is 0 Å². The zero-order chi connectivity index (χ0) is 14.9. The van der Waals surface area contributed by atoms with Crippen LogP contribution in [0.3, 0.4) is 0 Å². The van der Waals surface area contributed by atoms with Crippen molar-refractivity contribution in [2.24, 2.45) is 5.41 Å². The van der Waals surface area contributed by atoms with Crippen LogP contribution in [0.2, 0.25) is 0 Å². The molecule has 1 unspecified atom stereocenters. The van der Waals surface area contributed by atoms with Gasteiger partial charge in [0.25, 0.3) is 0 Å². The summed E-state index contributed by atoms with van der Waals surface area (Å²) in [5.41, 5.74) is 0.230. The summed E-state index contributed by atoms with van der Waals surface area (Å²) in [6.07, 6.45) is 5.78. The zero-order valence-electron chi connectivity index (χ0n) is 13.0. The molecule has 0 radical (unpaired) electrons. The second-order valence-electron chi connectivity index (χ2n) is 6.72. The number of hydrogen-bond donors (Lipinski definition) is 0. The molecular formula is C16H24N4O. The lowest BCUT2D eigenvalue weighted by atomic mass is 9.73. The van der Waals surface area contributed by atoms with E-state index in [1.54, 1.807) is 6.20 Å². The van der Waals surface area contributed by atoms with Crippen LogP contribution in [-0.4, -0.2) is 46.7 Å². The second-order valence-corrected chi connectivity index (χ2v) is 6.72. The second kappa shape index (κ2) is 5.62. The Kier molecular flexibility index (Phi) is 3.83. The Hall–Kier alpha value is -1.65. The van der Waals surface area contributed by atoms with E-state index in [0.29, 0.717) is 18.4 Å². The predicted molar refractivity (Wildman–Crippen MR) is 82.0 cm³/mol. The van der Waals surface area contributed by atoms with E-state index in [0.717, 1.165) is 38.3 Å². The first-order chi connectivity index (χ1) is 10.1. The molecule has 0 aliphatic carbocycles. The third-order valence-corrected chi connectivity index (χ3v) is 4.86. The molecule has 3 rings (SSSR count). The van der Waals surface area contributed by atoms with Crippen molar-refractivity contribution in [1.82, 2.24) is 15.1 Å². The number of rotatable bonds is 2. The summed E-state index contributed by atoms with van der Waals surface area (Å²) in [6, 6.07) is 4.26. The topological polar surface area (TPSA) is 49.3 Å². The molecule has 2 aliphatic rings. The van der Waals surface area contributed by atoms with Gasteiger partial charge < -0.3 is 9.80 Å². The third kappa shape index (κ3) is 2.87. The summed E-state index contributed by atoms with van der Waals surface area (Å²) in [7, 11) is 0. The highest BCUT2D eigenvalue weighted by molar-refractivity contribution is 5.77. The maximum atomic E-state index is 12.1. The Morgan fingerprint density at radius 3 is 2.86 bits per heavy atom. The van der Waals surface area contributed by atoms with Gasteiger partial charge in [-0.25, -0.2) is 0 Å². The molecule has 1 atom stereocenters. The van der Waals surface area contributed by atoms with Crippen LogP contribution in [0, 0.1) is 5.41 Å². The Labute approximate surface area is 126 Å². The van der Waals surface area contributed by atoms with Crippen molar-refractivity contribution in [3.05, 3.63) is 18.3 Å². The normalized spacial score (nSPS) is 26.7. The van der Waals surface area contributed by atoms with Gasteiger partial charge in [0.1, 0.15) is 0 Å². The number of carbonyl (C=O) groups is 1. The van der Waals surface area contributed by atoms with Crippen molar-refractivity contribution >= 4 is 11.7 Å². The van der Waals surface area contributed by atoms with Gasteiger partial charge in [-0.2, -0.15) is 5.10 Å². The van der Waals surface area contributed by atoms with E-state index >= 15 is 0 Å². The van der Waals surface area contributed by atoms with Crippen molar-refractivity contribution in [3.63, 3.8) is 0 Å². The Bertz CT molecular complexity index is 504. The van der Waals surface area contributed by atoms with Crippen molar-refractivity contribution in [1.29, 1.82) is 0 Å². The smallest absolute Gasteiger partial charge is 0.222 e. The van der Waals surface area contributed by atoms with Crippen LogP contribution in [-0.2, 0) is 4.79 Å². The summed E-state index contributed by atoms with van der Waals surface area (Å²) in [6.45, 7) is 7.14. The van der Waals surface area contributed by atoms with Crippen molar-refractivity contribution in [3.8, 4) is 0 Å². The van der Waals surface area contributed by atoms with Crippen LogP contribution in [0.4, 0.5) is 5.82 Å². The predicted octanol–water partition coefficient (Wildman–Crippen LogP) is 2.09. The highest BCUT2D eigenvalue weighted by Gasteiger charge is 2.42. The largest absolute Gasteiger partial charge is 0.355 e. The fraction of sp³-hybridized carbons (Fsp3) is 0.688. The molecule has 2 aliphatic heterocycles. The molecule has 1 spiro atoms. The van der Waals surface area contributed by atoms with Gasteiger partial charge >= 0.3 is 0 Å². The van der Waals surface area contributed by atoms with Gasteiger partial charge in [-0.3, -0.25) is 4.79 Å². The lowest BCUT2D eigenvalue weighted by Gasteiger charge is -2.49. The average Bonchev–Trinajstić information content (AvgIpc) is 2.51. The Balaban J connectivity index is 1.77. The number of likely N-dealkylation sites (tertiary alicyclic amines) is 1. The highest BCUT2D eigenvalue weighted by Crippen LogP contribution is 2.40. The number of nitrogens with zero attached hydrogens (tertiary/aromatic N) is 4. The minimum atomic E-state index is 0.230. The standard InChI is InChI=1S/C16H24N4O/c1-13(2)20-12-16(8-6-15(20)21)7-4-10-19(11-16)14-5-3-9-17-18-14/h3,5,9,13H,4,6-8,10-12H2,1-2H3. The third-order valence-electron chi connectivity index (χ3n) is 4.86. The van der Waals surface area contributed by atoms with E-state index in [1.807, 2.05) is 12.1 Å². The fourth-order valence-corrected chi connectivity index (χ4v) is 3.71. The van der Waals surface area contributed by atoms with Crippen molar-refractivity contribution in [2.45, 2.75) is 45.6 Å². The van der Waals surface area contributed by atoms with Crippen LogP contribution in [0.1, 0.15) is 39.5 Å². The number of anilines is 1. The summed E-state index contributed by atoms with van der Waals surface area (Å²) in [4.78, 5) is 16.5. The summed E-state index contributed by atoms with van der Waals surface area (Å²) < 4.78 is 0. The number of carbonyl (C=O) groups excluding carboxylic acids is 1. The van der Waals surface area contributed by atoms with Crippen LogP contribution in [0.25, 0.3) is 0 Å². The van der Waals surface area contributed by atoms with Crippen molar-refractivity contribution in [2.75, 3.05) is 24.5 Å². The highest BCUT2D eigenvalue weighted by atomic mass is 16.2. The van der Waals surface area contributed by atoms with E-state index in [9.17, 15) is 4.79 Å². The minimum absolute atomic E-state index is 0.230. The molecule has 0 bridgehead atoms. The summed E-state index contributed by atoms with van der Waals surface area (Å²) >= 11 is 0. The Morgan fingerprint density at radius 2 is 2.14 bits per heavy atom. The molecule has 21 heavy (non-hydrogen) atoms. The molecule has 1 amide bonds. The maximum absolute atomic E-state index is 12.1. The molecule has 5 nitrogen and oxygen atoms in total. The molecule has 0 aromatic carbocycles. The molecule has 0 saturated carbocycles. The Morgan fingerprint density at radius 1 is 1.29 bits per heavy atom. The molecule has 5 heteroatoms. The summed E-state index contributed by atoms with van der Waals surface area (Å²) in [5, 5.41) is 8.24. The molecule has 3 heterocycles. The molecule has 1 aromatic heterocycles. The summed E-state index contributed by atoms with van der Waals surface area (Å²) in [5.74, 6) is 1.27. The first-order valence-electron chi connectivity index (χ1n) is 7.92. The minimum Gasteiger partial charge on any atom is -0.355 e. The van der Waals surface area contributed by atoms with E-state index < -0.39 is 0 Å². The molecule has 0 N–H and O–H groups in total.